The fraction of sp³-hybridized carbons (Fsp3) is 0.600. The third-order valence-electron chi connectivity index (χ3n) is 3.71. The second kappa shape index (κ2) is 11.4. The fourth-order valence-corrected chi connectivity index (χ4v) is 2.36. The lowest BCUT2D eigenvalue weighted by Crippen LogP contribution is -2.54. The van der Waals surface area contributed by atoms with Crippen LogP contribution >= 0.6 is 24.0 Å². The fourth-order valence-electron chi connectivity index (χ4n) is 2.36. The molecular weight excluding hydrogens is 488 g/mol. The molecule has 7 nitrogen and oxygen atoms in total. The molecule has 3 N–H and O–H groups in total. The van der Waals surface area contributed by atoms with Crippen LogP contribution in [0.4, 0.5) is 14.9 Å². The van der Waals surface area contributed by atoms with Crippen LogP contribution in [0.3, 0.4) is 0 Å². The van der Waals surface area contributed by atoms with Gasteiger partial charge in [-0.3, -0.25) is 4.99 Å². The molecule has 0 aliphatic heterocycles. The molecule has 0 fully saturated rings. The summed E-state index contributed by atoms with van der Waals surface area (Å²) in [5.41, 5.74) is 0.237. The van der Waals surface area contributed by atoms with Crippen molar-refractivity contribution in [1.82, 2.24) is 16.0 Å². The number of rotatable bonds is 6. The van der Waals surface area contributed by atoms with Crippen molar-refractivity contribution in [3.05, 3.63) is 29.6 Å². The van der Waals surface area contributed by atoms with Gasteiger partial charge in [-0.15, -0.1) is 24.0 Å². The molecule has 166 valence electrons. The quantitative estimate of drug-likeness (QED) is 0.303. The summed E-state index contributed by atoms with van der Waals surface area (Å²) in [6.45, 7) is 10.1. The Morgan fingerprint density at radius 1 is 1.17 bits per heavy atom. The predicted molar refractivity (Wildman–Crippen MR) is 128 cm³/mol. The first-order chi connectivity index (χ1) is 12.8. The average molecular weight is 523 g/mol. The molecule has 0 aromatic heterocycles. The van der Waals surface area contributed by atoms with E-state index in [1.165, 1.54) is 6.07 Å². The van der Waals surface area contributed by atoms with Crippen molar-refractivity contribution in [2.45, 2.75) is 52.3 Å². The smallest absolute Gasteiger partial charge is 0.408 e. The number of aliphatic imine (C=N–C) groups is 1. The Morgan fingerprint density at radius 3 is 2.28 bits per heavy atom. The van der Waals surface area contributed by atoms with Gasteiger partial charge in [0.05, 0.1) is 11.2 Å². The number of hydrogen-bond donors (Lipinski definition) is 3. The highest BCUT2D eigenvalue weighted by molar-refractivity contribution is 14.0. The predicted octanol–water partition coefficient (Wildman–Crippen LogP) is 3.48. The number of benzene rings is 1. The monoisotopic (exact) mass is 523 g/mol. The maximum absolute atomic E-state index is 14.1. The zero-order valence-electron chi connectivity index (χ0n) is 18.6. The highest BCUT2D eigenvalue weighted by Crippen LogP contribution is 2.18. The van der Waals surface area contributed by atoms with Crippen LogP contribution in [0.25, 0.3) is 0 Å². The number of anilines is 1. The van der Waals surface area contributed by atoms with Crippen molar-refractivity contribution < 1.29 is 13.9 Å². The molecule has 0 unspecified atom stereocenters. The lowest BCUT2D eigenvalue weighted by Gasteiger charge is -2.29. The van der Waals surface area contributed by atoms with Gasteiger partial charge in [0.1, 0.15) is 11.4 Å². The molecule has 1 aromatic rings. The van der Waals surface area contributed by atoms with Gasteiger partial charge in [0.2, 0.25) is 0 Å². The zero-order valence-corrected chi connectivity index (χ0v) is 21.0. The molecule has 0 aliphatic rings. The highest BCUT2D eigenvalue weighted by Gasteiger charge is 2.24. The number of ether oxygens (including phenoxy) is 1. The van der Waals surface area contributed by atoms with Crippen LogP contribution in [0.15, 0.2) is 23.2 Å². The van der Waals surface area contributed by atoms with Crippen molar-refractivity contribution in [2.24, 2.45) is 4.99 Å². The average Bonchev–Trinajstić information content (AvgIpc) is 2.52. The number of nitrogens with one attached hydrogen (secondary N) is 3. The third kappa shape index (κ3) is 10.5. The third-order valence-corrected chi connectivity index (χ3v) is 3.71. The second-order valence-electron chi connectivity index (χ2n) is 8.47. The normalized spacial score (nSPS) is 12.0. The van der Waals surface area contributed by atoms with E-state index in [-0.39, 0.29) is 29.8 Å². The summed E-state index contributed by atoms with van der Waals surface area (Å²) >= 11 is 0. The highest BCUT2D eigenvalue weighted by atomic mass is 127. The van der Waals surface area contributed by atoms with Crippen LogP contribution in [0.2, 0.25) is 0 Å². The Morgan fingerprint density at radius 2 is 1.79 bits per heavy atom. The first-order valence-electron chi connectivity index (χ1n) is 9.24. The summed E-state index contributed by atoms with van der Waals surface area (Å²) in [5.74, 6) is 0.283. The number of nitrogens with zero attached hydrogens (tertiary/aromatic N) is 2. The van der Waals surface area contributed by atoms with Crippen molar-refractivity contribution in [2.75, 3.05) is 32.6 Å². The summed E-state index contributed by atoms with van der Waals surface area (Å²) in [5, 5.41) is 9.13. The molecule has 1 amide bonds. The number of hydrogen-bond acceptors (Lipinski definition) is 4. The number of carbonyl (C=O) groups excluding carboxylic acids is 1. The molecule has 0 saturated heterocycles. The Labute approximate surface area is 190 Å². The largest absolute Gasteiger partial charge is 0.444 e. The van der Waals surface area contributed by atoms with Gasteiger partial charge in [-0.2, -0.15) is 0 Å². The number of alkyl carbamates (subject to hydrolysis) is 1. The number of guanidine groups is 1. The van der Waals surface area contributed by atoms with Crippen LogP contribution < -0.4 is 20.9 Å². The van der Waals surface area contributed by atoms with E-state index >= 15 is 0 Å². The molecule has 29 heavy (non-hydrogen) atoms. The van der Waals surface area contributed by atoms with Crippen molar-refractivity contribution >= 4 is 41.7 Å². The van der Waals surface area contributed by atoms with Crippen LogP contribution in [-0.2, 0) is 11.3 Å². The molecule has 9 heteroatoms. The summed E-state index contributed by atoms with van der Waals surface area (Å²) in [6.07, 6.45) is -0.473. The molecule has 0 radical (unpaired) electrons. The van der Waals surface area contributed by atoms with Gasteiger partial charge >= 0.3 is 6.09 Å². The Balaban J connectivity index is 0.00000784. The Hall–Kier alpha value is -1.78. The summed E-state index contributed by atoms with van der Waals surface area (Å²) < 4.78 is 19.4. The minimum Gasteiger partial charge on any atom is -0.444 e. The summed E-state index contributed by atoms with van der Waals surface area (Å²) in [7, 11) is 5.25. The molecule has 0 spiro atoms. The van der Waals surface area contributed by atoms with E-state index in [1.807, 2.05) is 40.7 Å². The van der Waals surface area contributed by atoms with E-state index in [9.17, 15) is 9.18 Å². The van der Waals surface area contributed by atoms with E-state index in [1.54, 1.807) is 32.1 Å². The molecule has 0 atom stereocenters. The standard InChI is InChI=1S/C20H34FN5O2.HI/c1-19(2,3)28-18(27)25-20(4,5)13-24-17(22-6)23-12-14-9-10-16(26(7)8)15(21)11-14;/h9-11H,12-13H2,1-8H3,(H,25,27)(H2,22,23,24);1H. The maximum atomic E-state index is 14.1. The number of carbonyl (C=O) groups is 1. The Bertz CT molecular complexity index is 703. The molecule has 0 aliphatic carbocycles. The van der Waals surface area contributed by atoms with Crippen LogP contribution in [0.1, 0.15) is 40.2 Å². The molecular formula is C20H35FIN5O2. The minimum absolute atomic E-state index is 0. The molecule has 0 saturated carbocycles. The molecule has 0 bridgehead atoms. The zero-order chi connectivity index (χ0) is 21.5. The van der Waals surface area contributed by atoms with Gasteiger partial charge < -0.3 is 25.6 Å². The molecule has 0 heterocycles. The summed E-state index contributed by atoms with van der Waals surface area (Å²) in [4.78, 5) is 17.9. The van der Waals surface area contributed by atoms with E-state index in [4.69, 9.17) is 4.74 Å². The molecule has 1 aromatic carbocycles. The second-order valence-corrected chi connectivity index (χ2v) is 8.47. The van der Waals surface area contributed by atoms with E-state index in [2.05, 4.69) is 20.9 Å². The molecule has 1 rings (SSSR count). The topological polar surface area (TPSA) is 78.0 Å². The summed E-state index contributed by atoms with van der Waals surface area (Å²) in [6, 6.07) is 5.12. The van der Waals surface area contributed by atoms with Crippen molar-refractivity contribution in [3.8, 4) is 0 Å². The van der Waals surface area contributed by atoms with E-state index in [0.717, 1.165) is 5.56 Å². The van der Waals surface area contributed by atoms with E-state index < -0.39 is 17.2 Å². The van der Waals surface area contributed by atoms with Crippen LogP contribution in [0.5, 0.6) is 0 Å². The van der Waals surface area contributed by atoms with Gasteiger partial charge in [-0.05, 0) is 52.3 Å². The lowest BCUT2D eigenvalue weighted by molar-refractivity contribution is 0.0474. The minimum atomic E-state index is -0.556. The van der Waals surface area contributed by atoms with E-state index in [0.29, 0.717) is 24.7 Å². The Kier molecular flexibility index (Phi) is 10.7. The van der Waals surface area contributed by atoms with Crippen molar-refractivity contribution in [3.63, 3.8) is 0 Å². The first kappa shape index (κ1) is 27.2. The van der Waals surface area contributed by atoms with Gasteiger partial charge in [-0.25, -0.2) is 9.18 Å². The van der Waals surface area contributed by atoms with Gasteiger partial charge in [-0.1, -0.05) is 6.07 Å². The van der Waals surface area contributed by atoms with Crippen LogP contribution in [0, 0.1) is 5.82 Å². The maximum Gasteiger partial charge on any atom is 0.408 e. The van der Waals surface area contributed by atoms with Gasteiger partial charge in [0.15, 0.2) is 5.96 Å². The number of halogens is 2. The van der Waals surface area contributed by atoms with Crippen molar-refractivity contribution in [1.29, 1.82) is 0 Å². The van der Waals surface area contributed by atoms with Crippen LogP contribution in [-0.4, -0.2) is 50.9 Å². The van der Waals surface area contributed by atoms with Gasteiger partial charge in [0, 0.05) is 34.2 Å². The van der Waals surface area contributed by atoms with Gasteiger partial charge in [0.25, 0.3) is 0 Å². The number of amides is 1. The SMILES string of the molecule is CN=C(NCc1ccc(N(C)C)c(F)c1)NCC(C)(C)NC(=O)OC(C)(C)C.I. The first-order valence-corrected chi connectivity index (χ1v) is 9.24. The lowest BCUT2D eigenvalue weighted by atomic mass is 10.1.